The van der Waals surface area contributed by atoms with Crippen molar-refractivity contribution < 1.29 is 18.7 Å². The number of hydrogen-bond donors (Lipinski definition) is 2. The van der Waals surface area contributed by atoms with Crippen LogP contribution in [0.4, 0.5) is 21.6 Å². The Morgan fingerprint density at radius 2 is 2.02 bits per heavy atom. The molecule has 0 radical (unpaired) electrons. The molecule has 9 heteroatoms. The Hall–Kier alpha value is -3.56. The fourth-order valence-corrected chi connectivity index (χ4v) is 6.51. The average molecular weight is 574 g/mol. The molecule has 0 bridgehead atoms. The van der Waals surface area contributed by atoms with Gasteiger partial charge in [-0.2, -0.15) is 0 Å². The minimum absolute atomic E-state index is 0.189. The molecule has 0 atom stereocenters. The Kier molecular flexibility index (Phi) is 8.67. The van der Waals surface area contributed by atoms with Gasteiger partial charge in [0.05, 0.1) is 31.0 Å². The lowest BCUT2D eigenvalue weighted by Gasteiger charge is -2.54. The second kappa shape index (κ2) is 12.8. The third kappa shape index (κ3) is 6.73. The van der Waals surface area contributed by atoms with E-state index in [1.165, 1.54) is 44.5 Å². The zero-order chi connectivity index (χ0) is 28.9. The number of hydrogen-bond acceptors (Lipinski definition) is 7. The molecule has 222 valence electrons. The summed E-state index contributed by atoms with van der Waals surface area (Å²) < 4.78 is 25.5. The molecule has 1 saturated heterocycles. The van der Waals surface area contributed by atoms with E-state index in [2.05, 4.69) is 25.5 Å². The number of carbonyl (C=O) groups is 1. The quantitative estimate of drug-likeness (QED) is 0.203. The molecule has 8 nitrogen and oxygen atoms in total. The van der Waals surface area contributed by atoms with Crippen molar-refractivity contribution in [3.05, 3.63) is 60.2 Å². The van der Waals surface area contributed by atoms with E-state index in [-0.39, 0.29) is 11.7 Å². The summed E-state index contributed by atoms with van der Waals surface area (Å²) in [5.74, 6) is 1.37. The molecule has 2 heterocycles. The van der Waals surface area contributed by atoms with Gasteiger partial charge in [-0.15, -0.1) is 0 Å². The third-order valence-corrected chi connectivity index (χ3v) is 8.99. The second-order valence-electron chi connectivity index (χ2n) is 12.1. The maximum absolute atomic E-state index is 13.8. The molecular formula is C33H40FN5O3. The van der Waals surface area contributed by atoms with Crippen molar-refractivity contribution in [2.75, 3.05) is 50.1 Å². The summed E-state index contributed by atoms with van der Waals surface area (Å²) in [5, 5.41) is 7.04. The summed E-state index contributed by atoms with van der Waals surface area (Å²) >= 11 is 0. The number of aromatic nitrogens is 2. The Labute approximate surface area is 246 Å². The van der Waals surface area contributed by atoms with Crippen LogP contribution in [0.5, 0.6) is 5.75 Å². The van der Waals surface area contributed by atoms with Gasteiger partial charge in [0.15, 0.2) is 0 Å². The molecule has 1 amide bonds. The summed E-state index contributed by atoms with van der Waals surface area (Å²) in [4.78, 5) is 24.3. The van der Waals surface area contributed by atoms with Gasteiger partial charge >= 0.3 is 0 Å². The summed E-state index contributed by atoms with van der Waals surface area (Å²) in [6, 6.07) is 8.53. The van der Waals surface area contributed by atoms with Gasteiger partial charge in [-0.3, -0.25) is 9.69 Å². The highest BCUT2D eigenvalue weighted by molar-refractivity contribution is 6.03. The normalized spacial score (nSPS) is 18.6. The monoisotopic (exact) mass is 573 g/mol. The summed E-state index contributed by atoms with van der Waals surface area (Å²) in [6.07, 6.45) is 13.7. The molecular weight excluding hydrogens is 533 g/mol. The highest BCUT2D eigenvalue weighted by atomic mass is 19.1. The number of aryl methyl sites for hydroxylation is 1. The Morgan fingerprint density at radius 1 is 1.19 bits per heavy atom. The maximum atomic E-state index is 13.8. The van der Waals surface area contributed by atoms with Crippen LogP contribution < -0.4 is 15.4 Å². The first-order chi connectivity index (χ1) is 20.5. The highest BCUT2D eigenvalue weighted by Gasteiger charge is 2.47. The molecule has 1 aromatic heterocycles. The van der Waals surface area contributed by atoms with E-state index in [1.54, 1.807) is 25.1 Å². The van der Waals surface area contributed by atoms with Crippen molar-refractivity contribution in [2.45, 2.75) is 51.9 Å². The van der Waals surface area contributed by atoms with Crippen molar-refractivity contribution in [3.63, 3.8) is 0 Å². The van der Waals surface area contributed by atoms with Gasteiger partial charge in [0, 0.05) is 36.8 Å². The van der Waals surface area contributed by atoms with Crippen LogP contribution in [0.2, 0.25) is 0 Å². The van der Waals surface area contributed by atoms with Crippen LogP contribution >= 0.6 is 0 Å². The predicted octanol–water partition coefficient (Wildman–Crippen LogP) is 6.39. The smallest absolute Gasteiger partial charge is 0.248 e. The van der Waals surface area contributed by atoms with Gasteiger partial charge in [0.1, 0.15) is 23.7 Å². The van der Waals surface area contributed by atoms with Crippen LogP contribution in [0.25, 0.3) is 10.9 Å². The number of benzene rings is 2. The lowest BCUT2D eigenvalue weighted by atomic mass is 9.51. The number of carbonyl (C=O) groups excluding carboxylic acids is 1. The molecule has 1 spiro atoms. The van der Waals surface area contributed by atoms with Crippen molar-refractivity contribution in [1.82, 2.24) is 14.9 Å². The molecule has 6 rings (SSSR count). The van der Waals surface area contributed by atoms with Crippen LogP contribution in [-0.2, 0) is 9.53 Å². The highest BCUT2D eigenvalue weighted by Crippen LogP contribution is 2.59. The molecule has 1 aliphatic heterocycles. The third-order valence-electron chi connectivity index (χ3n) is 8.99. The lowest BCUT2D eigenvalue weighted by Crippen LogP contribution is -2.42. The van der Waals surface area contributed by atoms with Gasteiger partial charge in [0.25, 0.3) is 0 Å². The summed E-state index contributed by atoms with van der Waals surface area (Å²) in [6.45, 7) is 6.57. The average Bonchev–Trinajstić information content (AvgIpc) is 2.94. The van der Waals surface area contributed by atoms with E-state index >= 15 is 0 Å². The van der Waals surface area contributed by atoms with Crippen LogP contribution in [0, 0.1) is 24.1 Å². The van der Waals surface area contributed by atoms with Crippen LogP contribution in [0.3, 0.4) is 0 Å². The minimum Gasteiger partial charge on any atom is -0.491 e. The Balaban J connectivity index is 1.17. The first-order valence-corrected chi connectivity index (χ1v) is 15.2. The number of rotatable bonds is 11. The molecule has 2 saturated carbocycles. The standard InChI is InChI=1S/C33H40FN5O3/c1-23-17-25(7-8-27(23)34)37-32-26-18-29(38-31(40)6-2-5-24-20-33(21-24)9-3-10-33)30(19-28(26)35-22-36-32)42-14-4-11-39-12-15-41-16-13-39/h2,6-8,17-19,22,24H,3-5,9-16,20-21H2,1H3,(H,38,40)(H,35,36,37)/b6-2+. The number of allylic oxidation sites excluding steroid dienone is 1. The van der Waals surface area contributed by atoms with Crippen LogP contribution in [0.1, 0.15) is 50.5 Å². The molecule has 3 fully saturated rings. The van der Waals surface area contributed by atoms with Crippen LogP contribution in [-0.4, -0.2) is 60.2 Å². The van der Waals surface area contributed by atoms with Gasteiger partial charge in [-0.05, 0) is 92.7 Å². The topological polar surface area (TPSA) is 88.6 Å². The van der Waals surface area contributed by atoms with Gasteiger partial charge in [0.2, 0.25) is 5.91 Å². The van der Waals surface area contributed by atoms with E-state index in [0.717, 1.165) is 51.1 Å². The van der Waals surface area contributed by atoms with E-state index < -0.39 is 0 Å². The molecule has 3 aromatic rings. The molecule has 2 N–H and O–H groups in total. The minimum atomic E-state index is -0.263. The van der Waals surface area contributed by atoms with E-state index in [4.69, 9.17) is 9.47 Å². The maximum Gasteiger partial charge on any atom is 0.248 e. The van der Waals surface area contributed by atoms with Crippen molar-refractivity contribution >= 4 is 34.0 Å². The number of amides is 1. The van der Waals surface area contributed by atoms with Gasteiger partial charge < -0.3 is 20.1 Å². The number of morpholine rings is 1. The summed E-state index contributed by atoms with van der Waals surface area (Å²) in [7, 11) is 0. The fourth-order valence-electron chi connectivity index (χ4n) is 6.51. The number of nitrogens with one attached hydrogen (secondary N) is 2. The molecule has 42 heavy (non-hydrogen) atoms. The van der Waals surface area contributed by atoms with E-state index in [0.29, 0.717) is 52.0 Å². The largest absolute Gasteiger partial charge is 0.491 e. The number of anilines is 3. The zero-order valence-corrected chi connectivity index (χ0v) is 24.3. The Bertz CT molecular complexity index is 1440. The van der Waals surface area contributed by atoms with Crippen molar-refractivity contribution in [2.24, 2.45) is 11.3 Å². The molecule has 3 aliphatic rings. The van der Waals surface area contributed by atoms with Gasteiger partial charge in [-0.25, -0.2) is 14.4 Å². The lowest BCUT2D eigenvalue weighted by molar-refractivity contribution is -0.111. The van der Waals surface area contributed by atoms with E-state index in [1.807, 2.05) is 18.2 Å². The number of fused-ring (bicyclic) bond motifs is 1. The number of nitrogens with zero attached hydrogens (tertiary/aromatic N) is 3. The van der Waals surface area contributed by atoms with Gasteiger partial charge in [-0.1, -0.05) is 12.5 Å². The second-order valence-corrected chi connectivity index (χ2v) is 12.1. The fraction of sp³-hybridized carbons (Fsp3) is 0.485. The van der Waals surface area contributed by atoms with Crippen LogP contribution in [0.15, 0.2) is 48.8 Å². The van der Waals surface area contributed by atoms with E-state index in [9.17, 15) is 9.18 Å². The molecule has 2 aromatic carbocycles. The SMILES string of the molecule is Cc1cc(Nc2ncnc3cc(OCCCN4CCOCC4)c(NC(=O)/C=C/CC4CC5(CCC5)C4)cc23)ccc1F. The zero-order valence-electron chi connectivity index (χ0n) is 24.3. The number of ether oxygens (including phenoxy) is 2. The predicted molar refractivity (Wildman–Crippen MR) is 163 cm³/mol. The molecule has 0 unspecified atom stereocenters. The summed E-state index contributed by atoms with van der Waals surface area (Å²) in [5.41, 5.74) is 3.13. The number of halogens is 1. The first kappa shape index (κ1) is 28.6. The van der Waals surface area contributed by atoms with Crippen molar-refractivity contribution in [1.29, 1.82) is 0 Å². The first-order valence-electron chi connectivity index (χ1n) is 15.2. The molecule has 2 aliphatic carbocycles. The van der Waals surface area contributed by atoms with Crippen molar-refractivity contribution in [3.8, 4) is 5.75 Å². The Morgan fingerprint density at radius 3 is 2.79 bits per heavy atom.